The lowest BCUT2D eigenvalue weighted by Gasteiger charge is -2.28. The van der Waals surface area contributed by atoms with Gasteiger partial charge in [0.1, 0.15) is 11.6 Å². The van der Waals surface area contributed by atoms with Crippen LogP contribution in [0.3, 0.4) is 0 Å². The molecule has 0 spiro atoms. The second-order valence-electron chi connectivity index (χ2n) is 5.37. The van der Waals surface area contributed by atoms with E-state index in [2.05, 4.69) is 6.92 Å². The third-order valence-electron chi connectivity index (χ3n) is 3.99. The van der Waals surface area contributed by atoms with Gasteiger partial charge >= 0.3 is 0 Å². The molecule has 1 aromatic carbocycles. The summed E-state index contributed by atoms with van der Waals surface area (Å²) in [6, 6.07) is 4.13. The fourth-order valence-corrected chi connectivity index (χ4v) is 2.72. The van der Waals surface area contributed by atoms with Crippen molar-refractivity contribution in [1.29, 1.82) is 0 Å². The molecule has 104 valence electrons. The van der Waals surface area contributed by atoms with Crippen LogP contribution in [0.2, 0.25) is 0 Å². The van der Waals surface area contributed by atoms with Crippen LogP contribution < -0.4 is 4.74 Å². The summed E-state index contributed by atoms with van der Waals surface area (Å²) in [7, 11) is 0. The van der Waals surface area contributed by atoms with Crippen LogP contribution in [0.25, 0.3) is 0 Å². The Labute approximate surface area is 114 Å². The van der Waals surface area contributed by atoms with Crippen LogP contribution in [0.1, 0.15) is 56.3 Å². The smallest absolute Gasteiger partial charge is 0.163 e. The summed E-state index contributed by atoms with van der Waals surface area (Å²) in [5.41, 5.74) is 0.471. The maximum absolute atomic E-state index is 13.3. The third-order valence-corrected chi connectivity index (χ3v) is 3.99. The molecule has 0 aliphatic heterocycles. The second kappa shape index (κ2) is 6.18. The molecule has 2 nitrogen and oxygen atoms in total. The molecule has 2 rings (SSSR count). The minimum Gasteiger partial charge on any atom is -0.490 e. The van der Waals surface area contributed by atoms with Crippen LogP contribution in [0.15, 0.2) is 18.2 Å². The Morgan fingerprint density at radius 1 is 1.32 bits per heavy atom. The van der Waals surface area contributed by atoms with Crippen LogP contribution in [0.4, 0.5) is 4.39 Å². The Hall–Kier alpha value is -1.38. The van der Waals surface area contributed by atoms with Crippen molar-refractivity contribution in [3.63, 3.8) is 0 Å². The van der Waals surface area contributed by atoms with Gasteiger partial charge in [0.15, 0.2) is 5.78 Å². The average Bonchev–Trinajstić information content (AvgIpc) is 2.39. The lowest BCUT2D eigenvalue weighted by Crippen LogP contribution is -2.24. The van der Waals surface area contributed by atoms with Crippen molar-refractivity contribution in [3.05, 3.63) is 29.6 Å². The zero-order valence-electron chi connectivity index (χ0n) is 11.6. The van der Waals surface area contributed by atoms with Crippen molar-refractivity contribution in [2.45, 2.75) is 52.1 Å². The molecule has 1 aromatic rings. The van der Waals surface area contributed by atoms with E-state index in [4.69, 9.17) is 4.74 Å². The molecular weight excluding hydrogens is 243 g/mol. The molecule has 3 heteroatoms. The molecule has 0 radical (unpaired) electrons. The highest BCUT2D eigenvalue weighted by molar-refractivity contribution is 5.96. The minimum atomic E-state index is -0.359. The highest BCUT2D eigenvalue weighted by Gasteiger charge is 2.22. The van der Waals surface area contributed by atoms with Gasteiger partial charge in [-0.2, -0.15) is 0 Å². The Morgan fingerprint density at radius 3 is 2.58 bits per heavy atom. The number of benzene rings is 1. The summed E-state index contributed by atoms with van der Waals surface area (Å²) in [6.07, 6.45) is 5.63. The van der Waals surface area contributed by atoms with Gasteiger partial charge < -0.3 is 4.74 Å². The van der Waals surface area contributed by atoms with Gasteiger partial charge in [-0.25, -0.2) is 4.39 Å². The molecule has 0 aromatic heterocycles. The first-order chi connectivity index (χ1) is 9.10. The highest BCUT2D eigenvalue weighted by atomic mass is 19.1. The molecule has 1 saturated carbocycles. The number of ketones is 1. The number of carbonyl (C=O) groups is 1. The van der Waals surface area contributed by atoms with Crippen molar-refractivity contribution >= 4 is 5.78 Å². The fraction of sp³-hybridized carbons (Fsp3) is 0.562. The quantitative estimate of drug-likeness (QED) is 0.754. The minimum absolute atomic E-state index is 0.0859. The molecule has 19 heavy (non-hydrogen) atoms. The van der Waals surface area contributed by atoms with E-state index in [1.807, 2.05) is 0 Å². The lowest BCUT2D eigenvalue weighted by atomic mass is 9.86. The number of hydrogen-bond donors (Lipinski definition) is 0. The van der Waals surface area contributed by atoms with Crippen molar-refractivity contribution in [2.75, 3.05) is 0 Å². The van der Waals surface area contributed by atoms with Gasteiger partial charge in [0.05, 0.1) is 11.7 Å². The molecule has 0 unspecified atom stereocenters. The summed E-state index contributed by atoms with van der Waals surface area (Å²) in [4.78, 5) is 11.5. The number of Topliss-reactive ketones (excluding diaryl/α,β-unsaturated/α-hetero) is 1. The number of ether oxygens (including phenoxy) is 1. The van der Waals surface area contributed by atoms with Gasteiger partial charge in [-0.15, -0.1) is 0 Å². The molecular formula is C16H21FO2. The van der Waals surface area contributed by atoms with Crippen LogP contribution in [0, 0.1) is 11.7 Å². The van der Waals surface area contributed by atoms with Crippen LogP contribution in [0.5, 0.6) is 5.75 Å². The molecule has 0 saturated heterocycles. The topological polar surface area (TPSA) is 26.3 Å². The zero-order chi connectivity index (χ0) is 13.8. The van der Waals surface area contributed by atoms with E-state index in [-0.39, 0.29) is 17.7 Å². The van der Waals surface area contributed by atoms with Gasteiger partial charge in [-0.3, -0.25) is 4.79 Å². The van der Waals surface area contributed by atoms with Gasteiger partial charge in [0.2, 0.25) is 0 Å². The van der Waals surface area contributed by atoms with Crippen molar-refractivity contribution in [3.8, 4) is 5.75 Å². The summed E-state index contributed by atoms with van der Waals surface area (Å²) >= 11 is 0. The zero-order valence-corrected chi connectivity index (χ0v) is 11.6. The Morgan fingerprint density at radius 2 is 2.00 bits per heavy atom. The van der Waals surface area contributed by atoms with Crippen molar-refractivity contribution in [2.24, 2.45) is 5.92 Å². The summed E-state index contributed by atoms with van der Waals surface area (Å²) < 4.78 is 19.2. The number of halogens is 1. The van der Waals surface area contributed by atoms with E-state index in [9.17, 15) is 9.18 Å². The van der Waals surface area contributed by atoms with Gasteiger partial charge in [-0.1, -0.05) is 13.3 Å². The molecule has 0 bridgehead atoms. The Bertz CT molecular complexity index is 448. The molecule has 1 aliphatic rings. The maximum Gasteiger partial charge on any atom is 0.163 e. The molecule has 0 N–H and O–H groups in total. The largest absolute Gasteiger partial charge is 0.490 e. The monoisotopic (exact) mass is 264 g/mol. The van der Waals surface area contributed by atoms with Crippen molar-refractivity contribution in [1.82, 2.24) is 0 Å². The summed E-state index contributed by atoms with van der Waals surface area (Å²) in [6.45, 7) is 3.69. The lowest BCUT2D eigenvalue weighted by molar-refractivity contribution is 0.0993. The first kappa shape index (κ1) is 14.0. The first-order valence-electron chi connectivity index (χ1n) is 7.07. The summed E-state index contributed by atoms with van der Waals surface area (Å²) in [5.74, 6) is 0.742. The van der Waals surface area contributed by atoms with E-state index in [0.717, 1.165) is 31.6 Å². The predicted octanol–water partition coefficient (Wildman–Crippen LogP) is 4.38. The van der Waals surface area contributed by atoms with Gasteiger partial charge in [-0.05, 0) is 50.7 Å². The van der Waals surface area contributed by atoms with E-state index in [1.54, 1.807) is 0 Å². The average molecular weight is 264 g/mol. The predicted molar refractivity (Wildman–Crippen MR) is 73.1 cm³/mol. The number of rotatable bonds is 4. The van der Waals surface area contributed by atoms with E-state index in [0.29, 0.717) is 11.3 Å². The third kappa shape index (κ3) is 3.55. The first-order valence-corrected chi connectivity index (χ1v) is 7.07. The molecule has 1 fully saturated rings. The number of hydrogen-bond acceptors (Lipinski definition) is 2. The Kier molecular flexibility index (Phi) is 4.56. The van der Waals surface area contributed by atoms with E-state index < -0.39 is 0 Å². The summed E-state index contributed by atoms with van der Waals surface area (Å²) in [5, 5.41) is 0. The molecule has 0 amide bonds. The number of carbonyl (C=O) groups excluding carboxylic acids is 1. The van der Waals surface area contributed by atoms with Crippen molar-refractivity contribution < 1.29 is 13.9 Å². The highest BCUT2D eigenvalue weighted by Crippen LogP contribution is 2.31. The SMILES string of the molecule is CCC1CCC(Oc2cc(F)ccc2C(C)=O)CC1. The standard InChI is InChI=1S/C16H21FO2/c1-3-12-4-7-14(8-5-12)19-16-10-13(17)6-9-15(16)11(2)18/h6,9-10,12,14H,3-5,7-8H2,1-2H3. The normalized spacial score (nSPS) is 23.1. The van der Waals surface area contributed by atoms with Gasteiger partial charge in [0, 0.05) is 6.07 Å². The van der Waals surface area contributed by atoms with Gasteiger partial charge in [0.25, 0.3) is 0 Å². The van der Waals surface area contributed by atoms with E-state index in [1.165, 1.54) is 31.5 Å². The van der Waals surface area contributed by atoms with E-state index >= 15 is 0 Å². The van der Waals surface area contributed by atoms with Crippen LogP contribution in [-0.2, 0) is 0 Å². The molecule has 0 heterocycles. The Balaban J connectivity index is 2.06. The second-order valence-corrected chi connectivity index (χ2v) is 5.37. The fourth-order valence-electron chi connectivity index (χ4n) is 2.72. The maximum atomic E-state index is 13.3. The molecule has 1 aliphatic carbocycles. The van der Waals surface area contributed by atoms with Crippen LogP contribution >= 0.6 is 0 Å². The molecule has 0 atom stereocenters. The van der Waals surface area contributed by atoms with Crippen LogP contribution in [-0.4, -0.2) is 11.9 Å².